The summed E-state index contributed by atoms with van der Waals surface area (Å²) in [6, 6.07) is 21.9. The van der Waals surface area contributed by atoms with Gasteiger partial charge in [0.05, 0.1) is 11.4 Å². The Balaban J connectivity index is 1.73. The molecule has 0 aromatic heterocycles. The first-order valence-corrected chi connectivity index (χ1v) is 10.4. The van der Waals surface area contributed by atoms with Crippen LogP contribution in [0.1, 0.15) is 11.1 Å². The molecule has 0 saturated carbocycles. The van der Waals surface area contributed by atoms with Crippen LogP contribution in [0.15, 0.2) is 83.9 Å². The summed E-state index contributed by atoms with van der Waals surface area (Å²) in [5.74, 6) is -1.85. The largest absolute Gasteiger partial charge is 0.480 e. The van der Waals surface area contributed by atoms with Crippen molar-refractivity contribution in [2.45, 2.75) is 6.17 Å². The van der Waals surface area contributed by atoms with Crippen molar-refractivity contribution < 1.29 is 19.5 Å². The molecule has 4 rings (SSSR count). The molecule has 1 aliphatic heterocycles. The molecule has 3 N–H and O–H groups in total. The number of aliphatic carboxylic acids is 1. The van der Waals surface area contributed by atoms with Crippen molar-refractivity contribution in [2.75, 3.05) is 16.8 Å². The van der Waals surface area contributed by atoms with E-state index >= 15 is 0 Å². The zero-order chi connectivity index (χ0) is 23.4. The summed E-state index contributed by atoms with van der Waals surface area (Å²) in [6.45, 7) is -0.579. The van der Waals surface area contributed by atoms with Crippen LogP contribution in [-0.4, -0.2) is 41.4 Å². The highest BCUT2D eigenvalue weighted by atomic mass is 35.5. The zero-order valence-corrected chi connectivity index (χ0v) is 18.0. The number of rotatable bonds is 5. The number of carbonyl (C=O) groups excluding carboxylic acids is 2. The molecule has 8 nitrogen and oxygen atoms in total. The SMILES string of the molecule is O=C(O)CN1C(=O)[C@@H](NC(=O)Nc2ccc(Cl)cc2)N=C(c2ccccc2)c2ccccc21. The standard InChI is InChI=1S/C24H19ClN4O4/c25-16-10-12-17(13-11-16)26-24(33)28-22-23(32)29(14-20(30)31)19-9-5-4-8-18(19)21(27-22)15-6-2-1-3-7-15/h1-13,22H,14H2,(H,30,31)(H2,26,28,33)/t22-/m1/s1. The van der Waals surface area contributed by atoms with Gasteiger partial charge >= 0.3 is 12.0 Å². The van der Waals surface area contributed by atoms with Crippen LogP contribution in [0.5, 0.6) is 0 Å². The van der Waals surface area contributed by atoms with Gasteiger partial charge in [0.2, 0.25) is 6.17 Å². The second-order valence-electron chi connectivity index (χ2n) is 7.19. The lowest BCUT2D eigenvalue weighted by Crippen LogP contribution is -2.49. The van der Waals surface area contributed by atoms with Gasteiger partial charge in [0.15, 0.2) is 0 Å². The number of urea groups is 1. The van der Waals surface area contributed by atoms with Gasteiger partial charge in [-0.2, -0.15) is 0 Å². The van der Waals surface area contributed by atoms with Crippen molar-refractivity contribution >= 4 is 46.6 Å². The Morgan fingerprint density at radius 2 is 1.64 bits per heavy atom. The number of benzodiazepines with no additional fused rings is 1. The number of para-hydroxylation sites is 1. The van der Waals surface area contributed by atoms with Gasteiger partial charge in [-0.15, -0.1) is 0 Å². The fourth-order valence-electron chi connectivity index (χ4n) is 3.47. The van der Waals surface area contributed by atoms with E-state index in [1.807, 2.05) is 30.3 Å². The summed E-state index contributed by atoms with van der Waals surface area (Å²) < 4.78 is 0. The molecule has 166 valence electrons. The quantitative estimate of drug-likeness (QED) is 0.536. The normalized spacial score (nSPS) is 15.2. The van der Waals surface area contributed by atoms with E-state index in [1.165, 1.54) is 0 Å². The van der Waals surface area contributed by atoms with E-state index in [0.717, 1.165) is 10.5 Å². The molecule has 0 spiro atoms. The molecule has 9 heteroatoms. The second kappa shape index (κ2) is 9.54. The van der Waals surface area contributed by atoms with Crippen molar-refractivity contribution in [1.82, 2.24) is 5.32 Å². The number of hydrogen-bond acceptors (Lipinski definition) is 4. The first-order valence-electron chi connectivity index (χ1n) is 10.0. The van der Waals surface area contributed by atoms with Gasteiger partial charge in [0.25, 0.3) is 5.91 Å². The van der Waals surface area contributed by atoms with Gasteiger partial charge in [-0.3, -0.25) is 14.5 Å². The predicted octanol–water partition coefficient (Wildman–Crippen LogP) is 3.76. The van der Waals surface area contributed by atoms with Crippen LogP contribution in [0.2, 0.25) is 5.02 Å². The number of aliphatic imine (C=N–C) groups is 1. The van der Waals surface area contributed by atoms with Crippen LogP contribution < -0.4 is 15.5 Å². The maximum atomic E-state index is 13.3. The first-order chi connectivity index (χ1) is 15.9. The van der Waals surface area contributed by atoms with Gasteiger partial charge in [0, 0.05) is 21.8 Å². The minimum atomic E-state index is -1.35. The minimum Gasteiger partial charge on any atom is -0.480 e. The minimum absolute atomic E-state index is 0.398. The number of carboxylic acids is 1. The highest BCUT2D eigenvalue weighted by molar-refractivity contribution is 6.30. The third-order valence-corrected chi connectivity index (χ3v) is 5.17. The lowest BCUT2D eigenvalue weighted by molar-refractivity contribution is -0.136. The average molecular weight is 463 g/mol. The maximum Gasteiger partial charge on any atom is 0.323 e. The Kier molecular flexibility index (Phi) is 6.37. The summed E-state index contributed by atoms with van der Waals surface area (Å²) >= 11 is 5.87. The number of nitrogens with zero attached hydrogens (tertiary/aromatic N) is 2. The molecular weight excluding hydrogens is 444 g/mol. The molecule has 3 aromatic rings. The van der Waals surface area contributed by atoms with Crippen molar-refractivity contribution in [2.24, 2.45) is 4.99 Å². The highest BCUT2D eigenvalue weighted by Gasteiger charge is 2.34. The molecule has 0 fully saturated rings. The maximum absolute atomic E-state index is 13.3. The van der Waals surface area contributed by atoms with E-state index in [2.05, 4.69) is 15.6 Å². The van der Waals surface area contributed by atoms with E-state index in [-0.39, 0.29) is 0 Å². The van der Waals surface area contributed by atoms with Crippen LogP contribution >= 0.6 is 11.6 Å². The fraction of sp³-hybridized carbons (Fsp3) is 0.0833. The number of amides is 3. The molecule has 1 heterocycles. The highest BCUT2D eigenvalue weighted by Crippen LogP contribution is 2.28. The molecule has 3 amide bonds. The molecule has 0 bridgehead atoms. The van der Waals surface area contributed by atoms with E-state index in [1.54, 1.807) is 48.5 Å². The van der Waals surface area contributed by atoms with Crippen LogP contribution in [0, 0.1) is 0 Å². The van der Waals surface area contributed by atoms with Crippen molar-refractivity contribution in [3.05, 3.63) is 95.0 Å². The summed E-state index contributed by atoms with van der Waals surface area (Å²) in [6.07, 6.45) is -1.35. The number of halogens is 1. The van der Waals surface area contributed by atoms with Crippen molar-refractivity contribution in [3.63, 3.8) is 0 Å². The van der Waals surface area contributed by atoms with E-state index in [9.17, 15) is 19.5 Å². The van der Waals surface area contributed by atoms with Gasteiger partial charge in [-0.1, -0.05) is 60.1 Å². The van der Waals surface area contributed by atoms with Crippen LogP contribution in [0.3, 0.4) is 0 Å². The smallest absolute Gasteiger partial charge is 0.323 e. The van der Waals surface area contributed by atoms with Gasteiger partial charge in [-0.25, -0.2) is 9.79 Å². The first kappa shape index (κ1) is 22.0. The lowest BCUT2D eigenvalue weighted by Gasteiger charge is -2.23. The number of benzene rings is 3. The number of carboxylic acid groups (broad SMARTS) is 1. The Hall–Kier alpha value is -4.17. The van der Waals surface area contributed by atoms with Crippen LogP contribution in [-0.2, 0) is 9.59 Å². The topological polar surface area (TPSA) is 111 Å². The predicted molar refractivity (Wildman–Crippen MR) is 126 cm³/mol. The molecular formula is C24H19ClN4O4. The van der Waals surface area contributed by atoms with E-state index in [4.69, 9.17) is 11.6 Å². The third-order valence-electron chi connectivity index (χ3n) is 4.92. The molecule has 0 unspecified atom stereocenters. The number of nitrogens with one attached hydrogen (secondary N) is 2. The number of anilines is 2. The van der Waals surface area contributed by atoms with Gasteiger partial charge in [0.1, 0.15) is 6.54 Å². The molecule has 1 atom stereocenters. The summed E-state index contributed by atoms with van der Waals surface area (Å²) in [7, 11) is 0. The molecule has 0 radical (unpaired) electrons. The molecule has 0 aliphatic carbocycles. The van der Waals surface area contributed by atoms with Gasteiger partial charge in [-0.05, 0) is 30.3 Å². The van der Waals surface area contributed by atoms with Crippen LogP contribution in [0.25, 0.3) is 0 Å². The number of hydrogen-bond donors (Lipinski definition) is 3. The van der Waals surface area contributed by atoms with E-state index in [0.29, 0.717) is 27.7 Å². The number of carbonyl (C=O) groups is 3. The van der Waals surface area contributed by atoms with Gasteiger partial charge < -0.3 is 15.7 Å². The Bertz CT molecular complexity index is 1230. The van der Waals surface area contributed by atoms with Crippen LogP contribution in [0.4, 0.5) is 16.2 Å². The summed E-state index contributed by atoms with van der Waals surface area (Å²) in [5, 5.41) is 15.1. The third kappa shape index (κ3) is 5.02. The summed E-state index contributed by atoms with van der Waals surface area (Å²) in [4.78, 5) is 43.2. The Labute approximate surface area is 194 Å². The van der Waals surface area contributed by atoms with Crippen molar-refractivity contribution in [3.8, 4) is 0 Å². The van der Waals surface area contributed by atoms with E-state index < -0.39 is 30.6 Å². The molecule has 3 aromatic carbocycles. The zero-order valence-electron chi connectivity index (χ0n) is 17.2. The fourth-order valence-corrected chi connectivity index (χ4v) is 3.60. The van der Waals surface area contributed by atoms with Crippen molar-refractivity contribution in [1.29, 1.82) is 0 Å². The average Bonchev–Trinajstić information content (AvgIpc) is 2.92. The number of fused-ring (bicyclic) bond motifs is 1. The molecule has 1 aliphatic rings. The second-order valence-corrected chi connectivity index (χ2v) is 7.62. The Morgan fingerprint density at radius 1 is 0.970 bits per heavy atom. The lowest BCUT2D eigenvalue weighted by atomic mass is 10.0. The molecule has 33 heavy (non-hydrogen) atoms. The summed E-state index contributed by atoms with van der Waals surface area (Å²) in [5.41, 5.74) is 2.63. The monoisotopic (exact) mass is 462 g/mol. The Morgan fingerprint density at radius 3 is 2.33 bits per heavy atom. The molecule has 0 saturated heterocycles.